The number of morpholine rings is 1. The van der Waals surface area contributed by atoms with Gasteiger partial charge in [0.25, 0.3) is 0 Å². The Morgan fingerprint density at radius 3 is 2.78 bits per heavy atom. The van der Waals surface area contributed by atoms with Crippen LogP contribution in [0.25, 0.3) is 0 Å². The number of aryl methyl sites for hydroxylation is 1. The fourth-order valence-electron chi connectivity index (χ4n) is 2.95. The van der Waals surface area contributed by atoms with E-state index in [1.807, 2.05) is 0 Å². The van der Waals surface area contributed by atoms with Crippen molar-refractivity contribution >= 4 is 5.78 Å². The number of nitrogens with zero attached hydrogens (tertiary/aromatic N) is 1. The lowest BCUT2D eigenvalue weighted by molar-refractivity contribution is 0.0341. The van der Waals surface area contributed by atoms with Gasteiger partial charge in [0.1, 0.15) is 0 Å². The maximum absolute atomic E-state index is 11.9. The molecule has 0 saturated carbocycles. The molecule has 3 nitrogen and oxygen atoms in total. The van der Waals surface area contributed by atoms with Crippen LogP contribution in [0.15, 0.2) is 12.1 Å². The van der Waals surface area contributed by atoms with Crippen LogP contribution in [0.2, 0.25) is 0 Å². The van der Waals surface area contributed by atoms with Crippen LogP contribution in [0.5, 0.6) is 0 Å². The highest BCUT2D eigenvalue weighted by molar-refractivity contribution is 6.01. The zero-order valence-electron chi connectivity index (χ0n) is 10.9. The largest absolute Gasteiger partial charge is 0.379 e. The van der Waals surface area contributed by atoms with Crippen LogP contribution < -0.4 is 0 Å². The molecule has 1 aromatic carbocycles. The highest BCUT2D eigenvalue weighted by Crippen LogP contribution is 2.28. The number of carbonyl (C=O) groups excluding carboxylic acids is 1. The summed E-state index contributed by atoms with van der Waals surface area (Å²) in [5, 5.41) is 0. The van der Waals surface area contributed by atoms with Crippen LogP contribution in [0.4, 0.5) is 0 Å². The summed E-state index contributed by atoms with van der Waals surface area (Å²) in [6.07, 6.45) is 1.62. The van der Waals surface area contributed by atoms with Gasteiger partial charge in [0, 0.05) is 31.6 Å². The molecule has 1 saturated heterocycles. The van der Waals surface area contributed by atoms with Crippen molar-refractivity contribution < 1.29 is 9.53 Å². The molecule has 0 unspecified atom stereocenters. The lowest BCUT2D eigenvalue weighted by Crippen LogP contribution is -2.35. The number of Topliss-reactive ketones (excluding diaryl/α,β-unsaturated/α-hetero) is 1. The van der Waals surface area contributed by atoms with Crippen molar-refractivity contribution in [1.82, 2.24) is 4.90 Å². The molecule has 0 N–H and O–H groups in total. The molecule has 2 aliphatic rings. The number of benzene rings is 1. The van der Waals surface area contributed by atoms with Crippen molar-refractivity contribution in [2.75, 3.05) is 26.3 Å². The van der Waals surface area contributed by atoms with Crippen LogP contribution in [0.1, 0.15) is 33.5 Å². The third-order valence-electron chi connectivity index (χ3n) is 4.06. The highest BCUT2D eigenvalue weighted by Gasteiger charge is 2.23. The maximum atomic E-state index is 11.9. The van der Waals surface area contributed by atoms with Crippen molar-refractivity contribution in [1.29, 1.82) is 0 Å². The lowest BCUT2D eigenvalue weighted by Gasteiger charge is -2.27. The summed E-state index contributed by atoms with van der Waals surface area (Å²) in [5.41, 5.74) is 4.73. The van der Waals surface area contributed by atoms with Crippen molar-refractivity contribution in [2.24, 2.45) is 0 Å². The maximum Gasteiger partial charge on any atom is 0.163 e. The molecule has 1 heterocycles. The molecule has 0 atom stereocenters. The molecule has 0 radical (unpaired) electrons. The first kappa shape index (κ1) is 11.9. The Balaban J connectivity index is 1.84. The number of hydrogen-bond donors (Lipinski definition) is 0. The number of hydrogen-bond acceptors (Lipinski definition) is 3. The van der Waals surface area contributed by atoms with Crippen molar-refractivity contribution in [2.45, 2.75) is 26.3 Å². The number of ketones is 1. The average Bonchev–Trinajstić information content (AvgIpc) is 2.77. The van der Waals surface area contributed by atoms with Gasteiger partial charge in [-0.25, -0.2) is 0 Å². The Morgan fingerprint density at radius 1 is 1.22 bits per heavy atom. The summed E-state index contributed by atoms with van der Waals surface area (Å²) in [6, 6.07) is 4.34. The first-order chi connectivity index (χ1) is 8.75. The fourth-order valence-corrected chi connectivity index (χ4v) is 2.95. The topological polar surface area (TPSA) is 29.5 Å². The van der Waals surface area contributed by atoms with Gasteiger partial charge in [-0.3, -0.25) is 9.69 Å². The molecule has 0 amide bonds. The van der Waals surface area contributed by atoms with Gasteiger partial charge < -0.3 is 4.74 Å². The molecule has 1 aliphatic heterocycles. The van der Waals surface area contributed by atoms with Crippen LogP contribution >= 0.6 is 0 Å². The van der Waals surface area contributed by atoms with E-state index in [2.05, 4.69) is 24.0 Å². The number of carbonyl (C=O) groups is 1. The number of rotatable bonds is 2. The van der Waals surface area contributed by atoms with E-state index in [0.29, 0.717) is 12.2 Å². The van der Waals surface area contributed by atoms with E-state index in [1.54, 1.807) is 0 Å². The predicted molar refractivity (Wildman–Crippen MR) is 69.9 cm³/mol. The Labute approximate surface area is 108 Å². The second kappa shape index (κ2) is 4.82. The zero-order chi connectivity index (χ0) is 12.5. The van der Waals surface area contributed by atoms with E-state index in [1.165, 1.54) is 16.7 Å². The Bertz CT molecular complexity index is 476. The quantitative estimate of drug-likeness (QED) is 0.797. The summed E-state index contributed by atoms with van der Waals surface area (Å²) >= 11 is 0. The number of ether oxygens (including phenoxy) is 1. The van der Waals surface area contributed by atoms with E-state index < -0.39 is 0 Å². The number of fused-ring (bicyclic) bond motifs is 1. The molecule has 1 aliphatic carbocycles. The monoisotopic (exact) mass is 245 g/mol. The minimum Gasteiger partial charge on any atom is -0.379 e. The zero-order valence-corrected chi connectivity index (χ0v) is 10.9. The Kier molecular flexibility index (Phi) is 3.18. The Morgan fingerprint density at radius 2 is 2.00 bits per heavy atom. The average molecular weight is 245 g/mol. The first-order valence-electron chi connectivity index (χ1n) is 6.70. The molecule has 3 heteroatoms. The SMILES string of the molecule is Cc1c(CN2CCOCC2)ccc2c1C(=O)CC2. The molecule has 0 bridgehead atoms. The van der Waals surface area contributed by atoms with Crippen molar-refractivity contribution in [3.05, 3.63) is 34.4 Å². The third kappa shape index (κ3) is 2.08. The van der Waals surface area contributed by atoms with Crippen LogP contribution in [0.3, 0.4) is 0 Å². The fraction of sp³-hybridized carbons (Fsp3) is 0.533. The second-order valence-corrected chi connectivity index (χ2v) is 5.20. The minimum atomic E-state index is 0.325. The lowest BCUT2D eigenvalue weighted by atomic mass is 9.98. The normalized spacial score (nSPS) is 20.2. The Hall–Kier alpha value is -1.19. The standard InChI is InChI=1S/C15H19NO2/c1-11-13(10-16-6-8-18-9-7-16)3-2-12-4-5-14(17)15(11)12/h2-3H,4-10H2,1H3. The third-order valence-corrected chi connectivity index (χ3v) is 4.06. The van der Waals surface area contributed by atoms with Gasteiger partial charge in [0.05, 0.1) is 13.2 Å². The summed E-state index contributed by atoms with van der Waals surface area (Å²) < 4.78 is 5.36. The predicted octanol–water partition coefficient (Wildman–Crippen LogP) is 1.96. The van der Waals surface area contributed by atoms with E-state index in [4.69, 9.17) is 4.74 Å². The van der Waals surface area contributed by atoms with E-state index in [9.17, 15) is 4.79 Å². The second-order valence-electron chi connectivity index (χ2n) is 5.20. The molecule has 0 spiro atoms. The minimum absolute atomic E-state index is 0.325. The summed E-state index contributed by atoms with van der Waals surface area (Å²) in [7, 11) is 0. The smallest absolute Gasteiger partial charge is 0.163 e. The van der Waals surface area contributed by atoms with E-state index in [0.717, 1.165) is 44.8 Å². The molecule has 18 heavy (non-hydrogen) atoms. The van der Waals surface area contributed by atoms with Crippen molar-refractivity contribution in [3.63, 3.8) is 0 Å². The summed E-state index contributed by atoms with van der Waals surface area (Å²) in [6.45, 7) is 6.66. The van der Waals surface area contributed by atoms with Gasteiger partial charge in [-0.1, -0.05) is 12.1 Å². The van der Waals surface area contributed by atoms with Gasteiger partial charge in [-0.2, -0.15) is 0 Å². The van der Waals surface area contributed by atoms with Crippen LogP contribution in [-0.4, -0.2) is 37.0 Å². The summed E-state index contributed by atoms with van der Waals surface area (Å²) in [4.78, 5) is 14.3. The molecule has 0 aromatic heterocycles. The first-order valence-corrected chi connectivity index (χ1v) is 6.70. The van der Waals surface area contributed by atoms with Gasteiger partial charge >= 0.3 is 0 Å². The molecular formula is C15H19NO2. The highest BCUT2D eigenvalue weighted by atomic mass is 16.5. The molecule has 1 aromatic rings. The van der Waals surface area contributed by atoms with Gasteiger partial charge in [-0.15, -0.1) is 0 Å². The summed E-state index contributed by atoms with van der Waals surface area (Å²) in [5.74, 6) is 0.325. The van der Waals surface area contributed by atoms with Gasteiger partial charge in [-0.05, 0) is 30.0 Å². The van der Waals surface area contributed by atoms with Gasteiger partial charge in [0.2, 0.25) is 0 Å². The molecule has 1 fully saturated rings. The van der Waals surface area contributed by atoms with Crippen LogP contribution in [-0.2, 0) is 17.7 Å². The van der Waals surface area contributed by atoms with E-state index >= 15 is 0 Å². The van der Waals surface area contributed by atoms with Gasteiger partial charge in [0.15, 0.2) is 5.78 Å². The molecule has 3 rings (SSSR count). The van der Waals surface area contributed by atoms with Crippen LogP contribution in [0, 0.1) is 6.92 Å². The van der Waals surface area contributed by atoms with Crippen molar-refractivity contribution in [3.8, 4) is 0 Å². The molecule has 96 valence electrons. The molecular weight excluding hydrogens is 226 g/mol. The van der Waals surface area contributed by atoms with E-state index in [-0.39, 0.29) is 0 Å².